The molecular weight excluding hydrogens is 394 g/mol. The summed E-state index contributed by atoms with van der Waals surface area (Å²) in [6.07, 6.45) is 6.08. The van der Waals surface area contributed by atoms with E-state index in [1.807, 2.05) is 36.4 Å². The summed E-state index contributed by atoms with van der Waals surface area (Å²) in [7, 11) is 0. The van der Waals surface area contributed by atoms with Gasteiger partial charge >= 0.3 is 6.09 Å². The van der Waals surface area contributed by atoms with Crippen LogP contribution < -0.4 is 4.90 Å². The lowest BCUT2D eigenvalue weighted by Gasteiger charge is -2.33. The fraction of sp³-hybridized carbons (Fsp3) is 0.429. The number of nitrogens with zero attached hydrogens (tertiary/aromatic N) is 3. The number of hydrogen-bond donors (Lipinski definition) is 0. The maximum atomic E-state index is 12.9. The van der Waals surface area contributed by atoms with Crippen molar-refractivity contribution in [2.75, 3.05) is 24.6 Å². The highest BCUT2D eigenvalue weighted by molar-refractivity contribution is 7.99. The molecule has 0 aliphatic carbocycles. The van der Waals surface area contributed by atoms with Crippen molar-refractivity contribution < 1.29 is 9.53 Å². The number of halogens is 1. The lowest BCUT2D eigenvalue weighted by Crippen LogP contribution is -2.38. The molecule has 4 rings (SSSR count). The fourth-order valence-electron chi connectivity index (χ4n) is 3.76. The van der Waals surface area contributed by atoms with Crippen molar-refractivity contribution in [2.24, 2.45) is 0 Å². The van der Waals surface area contributed by atoms with Crippen LogP contribution in [-0.4, -0.2) is 41.7 Å². The van der Waals surface area contributed by atoms with Crippen LogP contribution in [0.5, 0.6) is 0 Å². The van der Waals surface area contributed by atoms with Crippen LogP contribution >= 0.6 is 24.2 Å². The molecule has 1 aromatic carbocycles. The molecule has 0 N–H and O–H groups in total. The Balaban J connectivity index is 0.00000225. The van der Waals surface area contributed by atoms with E-state index in [0.29, 0.717) is 18.5 Å². The molecule has 5 nitrogen and oxygen atoms in total. The highest BCUT2D eigenvalue weighted by Gasteiger charge is 2.30. The van der Waals surface area contributed by atoms with Crippen LogP contribution in [0.2, 0.25) is 0 Å². The number of amides is 1. The summed E-state index contributed by atoms with van der Waals surface area (Å²) in [6.45, 7) is 4.85. The van der Waals surface area contributed by atoms with Crippen LogP contribution in [0.1, 0.15) is 32.6 Å². The highest BCUT2D eigenvalue weighted by Crippen LogP contribution is 2.46. The number of hydrogen-bond acceptors (Lipinski definition) is 5. The zero-order valence-corrected chi connectivity index (χ0v) is 17.7. The molecule has 7 heteroatoms. The molecule has 28 heavy (non-hydrogen) atoms. The van der Waals surface area contributed by atoms with Gasteiger partial charge in [-0.1, -0.05) is 30.3 Å². The first kappa shape index (κ1) is 21.0. The SMILES string of the molecule is CC1CCCCN1CCCOC(=O)N1c2ccccc2Sc2cccnc21.Cl. The molecule has 1 unspecified atom stereocenters. The van der Waals surface area contributed by atoms with Crippen molar-refractivity contribution in [3.8, 4) is 0 Å². The summed E-state index contributed by atoms with van der Waals surface area (Å²) in [5, 5.41) is 0. The third kappa shape index (κ3) is 4.45. The second-order valence-corrected chi connectivity index (χ2v) is 8.16. The van der Waals surface area contributed by atoms with Gasteiger partial charge in [0.1, 0.15) is 0 Å². The quantitative estimate of drug-likeness (QED) is 0.611. The molecule has 0 saturated carbocycles. The summed E-state index contributed by atoms with van der Waals surface area (Å²) >= 11 is 1.63. The predicted octanol–water partition coefficient (Wildman–Crippen LogP) is 5.51. The van der Waals surface area contributed by atoms with E-state index in [2.05, 4.69) is 16.8 Å². The molecular formula is C21H26ClN3O2S. The van der Waals surface area contributed by atoms with Crippen LogP contribution in [0.3, 0.4) is 0 Å². The minimum absolute atomic E-state index is 0. The second kappa shape index (κ2) is 9.63. The van der Waals surface area contributed by atoms with Crippen LogP contribution in [0.25, 0.3) is 0 Å². The van der Waals surface area contributed by atoms with Crippen molar-refractivity contribution in [3.05, 3.63) is 42.6 Å². The molecule has 2 aromatic rings. The van der Waals surface area contributed by atoms with Gasteiger partial charge in [-0.25, -0.2) is 14.7 Å². The molecule has 2 aliphatic heterocycles. The van der Waals surface area contributed by atoms with Crippen LogP contribution in [0.4, 0.5) is 16.3 Å². The fourth-order valence-corrected chi connectivity index (χ4v) is 4.79. The Bertz CT molecular complexity index is 774. The van der Waals surface area contributed by atoms with Gasteiger partial charge in [0.25, 0.3) is 0 Å². The van der Waals surface area contributed by atoms with E-state index in [9.17, 15) is 4.79 Å². The van der Waals surface area contributed by atoms with Gasteiger partial charge < -0.3 is 9.64 Å². The molecule has 2 aliphatic rings. The van der Waals surface area contributed by atoms with Gasteiger partial charge in [0.05, 0.1) is 17.2 Å². The number of piperidine rings is 1. The smallest absolute Gasteiger partial charge is 0.420 e. The van der Waals surface area contributed by atoms with E-state index < -0.39 is 0 Å². The maximum Gasteiger partial charge on any atom is 0.420 e. The van der Waals surface area contributed by atoms with E-state index in [0.717, 1.165) is 35.0 Å². The highest BCUT2D eigenvalue weighted by atomic mass is 35.5. The Labute approximate surface area is 176 Å². The summed E-state index contributed by atoms with van der Waals surface area (Å²) in [4.78, 5) is 23.4. The molecule has 1 saturated heterocycles. The maximum absolute atomic E-state index is 12.9. The van der Waals surface area contributed by atoms with Crippen molar-refractivity contribution in [2.45, 2.75) is 48.4 Å². The largest absolute Gasteiger partial charge is 0.449 e. The average Bonchev–Trinajstić information content (AvgIpc) is 2.70. The molecule has 0 bridgehead atoms. The Kier molecular flexibility index (Phi) is 7.21. The average molecular weight is 420 g/mol. The summed E-state index contributed by atoms with van der Waals surface area (Å²) in [6, 6.07) is 12.4. The normalized spacial score (nSPS) is 18.6. The summed E-state index contributed by atoms with van der Waals surface area (Å²) in [5.41, 5.74) is 0.836. The number of carbonyl (C=O) groups excluding carboxylic acids is 1. The van der Waals surface area contributed by atoms with Gasteiger partial charge in [-0.3, -0.25) is 0 Å². The number of fused-ring (bicyclic) bond motifs is 2. The van der Waals surface area contributed by atoms with Crippen molar-refractivity contribution >= 4 is 41.8 Å². The number of para-hydroxylation sites is 1. The van der Waals surface area contributed by atoms with Gasteiger partial charge in [0.15, 0.2) is 5.82 Å². The lowest BCUT2D eigenvalue weighted by atomic mass is 10.0. The van der Waals surface area contributed by atoms with Crippen molar-refractivity contribution in [3.63, 3.8) is 0 Å². The van der Waals surface area contributed by atoms with E-state index in [4.69, 9.17) is 4.74 Å². The zero-order chi connectivity index (χ0) is 18.6. The van der Waals surface area contributed by atoms with E-state index in [1.54, 1.807) is 22.9 Å². The molecule has 1 aromatic heterocycles. The van der Waals surface area contributed by atoms with Gasteiger partial charge in [-0.2, -0.15) is 0 Å². The molecule has 3 heterocycles. The Hall–Kier alpha value is -1.76. The van der Waals surface area contributed by atoms with Crippen molar-refractivity contribution in [1.82, 2.24) is 9.88 Å². The van der Waals surface area contributed by atoms with Crippen molar-refractivity contribution in [1.29, 1.82) is 0 Å². The molecule has 150 valence electrons. The van der Waals surface area contributed by atoms with Crippen LogP contribution in [-0.2, 0) is 4.74 Å². The number of ether oxygens (including phenoxy) is 1. The minimum atomic E-state index is -0.352. The first-order valence-electron chi connectivity index (χ1n) is 9.67. The molecule has 1 amide bonds. The lowest BCUT2D eigenvalue weighted by molar-refractivity contribution is 0.127. The Morgan fingerprint density at radius 3 is 2.89 bits per heavy atom. The molecule has 1 atom stereocenters. The third-order valence-electron chi connectivity index (χ3n) is 5.23. The van der Waals surface area contributed by atoms with Gasteiger partial charge in [-0.05, 0) is 57.0 Å². The number of anilines is 2. The van der Waals surface area contributed by atoms with E-state index in [1.165, 1.54) is 19.3 Å². The number of likely N-dealkylation sites (tertiary alicyclic amines) is 1. The number of rotatable bonds is 4. The summed E-state index contributed by atoms with van der Waals surface area (Å²) in [5.74, 6) is 0.649. The van der Waals surface area contributed by atoms with E-state index >= 15 is 0 Å². The van der Waals surface area contributed by atoms with E-state index in [-0.39, 0.29) is 18.5 Å². The first-order valence-corrected chi connectivity index (χ1v) is 10.5. The third-order valence-corrected chi connectivity index (χ3v) is 6.33. The number of pyridine rings is 1. The summed E-state index contributed by atoms with van der Waals surface area (Å²) < 4.78 is 5.63. The minimum Gasteiger partial charge on any atom is -0.449 e. The van der Waals surface area contributed by atoms with Crippen LogP contribution in [0, 0.1) is 0 Å². The number of benzene rings is 1. The monoisotopic (exact) mass is 419 g/mol. The predicted molar refractivity (Wildman–Crippen MR) is 115 cm³/mol. The Morgan fingerprint density at radius 1 is 1.21 bits per heavy atom. The molecule has 0 spiro atoms. The van der Waals surface area contributed by atoms with Gasteiger partial charge in [-0.15, -0.1) is 12.4 Å². The zero-order valence-electron chi connectivity index (χ0n) is 16.0. The number of carbonyl (C=O) groups is 1. The van der Waals surface area contributed by atoms with Crippen LogP contribution in [0.15, 0.2) is 52.4 Å². The standard InChI is InChI=1S/C21H25N3O2S.ClH/c1-16-8-4-5-13-23(16)14-7-15-26-21(25)24-17-9-2-3-10-18(17)27-19-11-6-12-22-20(19)24;/h2-3,6,9-12,16H,4-5,7-8,13-15H2,1H3;1H. The Morgan fingerprint density at radius 2 is 2.04 bits per heavy atom. The number of aromatic nitrogens is 1. The molecule has 0 radical (unpaired) electrons. The molecule has 1 fully saturated rings. The van der Waals surface area contributed by atoms with Gasteiger partial charge in [0, 0.05) is 23.7 Å². The van der Waals surface area contributed by atoms with Gasteiger partial charge in [0.2, 0.25) is 0 Å². The second-order valence-electron chi connectivity index (χ2n) is 7.08. The topological polar surface area (TPSA) is 45.7 Å². The first-order chi connectivity index (χ1) is 13.2.